The van der Waals surface area contributed by atoms with Crippen molar-refractivity contribution in [2.75, 3.05) is 31.6 Å². The van der Waals surface area contributed by atoms with Crippen molar-refractivity contribution in [2.45, 2.75) is 52.1 Å². The zero-order chi connectivity index (χ0) is 22.5. The zero-order valence-electron chi connectivity index (χ0n) is 19.0. The fourth-order valence-electron chi connectivity index (χ4n) is 4.41. The van der Waals surface area contributed by atoms with Crippen LogP contribution in [0.15, 0.2) is 36.4 Å². The number of carbonyl (C=O) groups excluding carboxylic acids is 2. The SMILES string of the molecule is Cc1cccc(NC(=O)CN(C[C@@H]2CCCO2)C(=O)COc2ccc3c(c2)CCC3)c1C. The van der Waals surface area contributed by atoms with Crippen LogP contribution in [0.25, 0.3) is 0 Å². The molecule has 0 aromatic heterocycles. The van der Waals surface area contributed by atoms with Crippen LogP contribution in [0, 0.1) is 13.8 Å². The average Bonchev–Trinajstić information content (AvgIpc) is 3.46. The first-order valence-electron chi connectivity index (χ1n) is 11.5. The summed E-state index contributed by atoms with van der Waals surface area (Å²) < 4.78 is 11.5. The van der Waals surface area contributed by atoms with Gasteiger partial charge >= 0.3 is 0 Å². The molecule has 1 aliphatic heterocycles. The van der Waals surface area contributed by atoms with E-state index in [-0.39, 0.29) is 31.1 Å². The van der Waals surface area contributed by atoms with Crippen molar-refractivity contribution in [3.63, 3.8) is 0 Å². The van der Waals surface area contributed by atoms with Crippen LogP contribution in [0.3, 0.4) is 0 Å². The number of hydrogen-bond donors (Lipinski definition) is 1. The van der Waals surface area contributed by atoms with Crippen molar-refractivity contribution in [1.82, 2.24) is 4.90 Å². The van der Waals surface area contributed by atoms with Gasteiger partial charge in [0.25, 0.3) is 5.91 Å². The quantitative estimate of drug-likeness (QED) is 0.683. The standard InChI is InChI=1S/C26H32N2O4/c1-18-6-3-10-24(19(18)2)27-25(29)16-28(15-23-9-5-13-31-23)26(30)17-32-22-12-11-20-7-4-8-21(20)14-22/h3,6,10-12,14,23H,4-5,7-9,13,15-17H2,1-2H3,(H,27,29)/t23-/m0/s1. The number of nitrogens with zero attached hydrogens (tertiary/aromatic N) is 1. The Hall–Kier alpha value is -2.86. The highest BCUT2D eigenvalue weighted by Crippen LogP contribution is 2.26. The molecule has 1 heterocycles. The number of nitrogens with one attached hydrogen (secondary N) is 1. The van der Waals surface area contributed by atoms with E-state index in [1.165, 1.54) is 17.5 Å². The van der Waals surface area contributed by atoms with E-state index in [1.807, 2.05) is 44.2 Å². The summed E-state index contributed by atoms with van der Waals surface area (Å²) in [6, 6.07) is 11.8. The molecule has 2 amide bonds. The maximum Gasteiger partial charge on any atom is 0.261 e. The maximum absolute atomic E-state index is 13.0. The molecule has 1 fully saturated rings. The number of aryl methyl sites for hydroxylation is 3. The molecule has 2 aliphatic rings. The van der Waals surface area contributed by atoms with E-state index >= 15 is 0 Å². The van der Waals surface area contributed by atoms with Crippen molar-refractivity contribution >= 4 is 17.5 Å². The van der Waals surface area contributed by atoms with Gasteiger partial charge in [-0.1, -0.05) is 18.2 Å². The molecule has 0 radical (unpaired) electrons. The fraction of sp³-hybridized carbons (Fsp3) is 0.462. The maximum atomic E-state index is 13.0. The van der Waals surface area contributed by atoms with Crippen LogP contribution in [0.4, 0.5) is 5.69 Å². The van der Waals surface area contributed by atoms with E-state index in [1.54, 1.807) is 4.90 Å². The van der Waals surface area contributed by atoms with Crippen LogP contribution in [0.5, 0.6) is 5.75 Å². The molecule has 170 valence electrons. The highest BCUT2D eigenvalue weighted by Gasteiger charge is 2.25. The molecule has 1 atom stereocenters. The van der Waals surface area contributed by atoms with Gasteiger partial charge in [-0.25, -0.2) is 0 Å². The van der Waals surface area contributed by atoms with Gasteiger partial charge < -0.3 is 19.7 Å². The third-order valence-electron chi connectivity index (χ3n) is 6.45. The number of hydrogen-bond acceptors (Lipinski definition) is 4. The molecule has 6 nitrogen and oxygen atoms in total. The Balaban J connectivity index is 1.39. The van der Waals surface area contributed by atoms with Crippen LogP contribution in [0.1, 0.15) is 41.5 Å². The van der Waals surface area contributed by atoms with E-state index in [4.69, 9.17) is 9.47 Å². The third kappa shape index (κ3) is 5.49. The Labute approximate surface area is 189 Å². The highest BCUT2D eigenvalue weighted by molar-refractivity contribution is 5.95. The monoisotopic (exact) mass is 436 g/mol. The molecule has 1 saturated heterocycles. The normalized spacial score (nSPS) is 17.1. The Bertz CT molecular complexity index is 982. The number of benzene rings is 2. The first kappa shape index (κ1) is 22.3. The number of carbonyl (C=O) groups is 2. The molecule has 4 rings (SSSR count). The van der Waals surface area contributed by atoms with Crippen LogP contribution in [0.2, 0.25) is 0 Å². The minimum absolute atomic E-state index is 0.0282. The second-order valence-electron chi connectivity index (χ2n) is 8.78. The highest BCUT2D eigenvalue weighted by atomic mass is 16.5. The molecule has 0 spiro atoms. The molecule has 0 bridgehead atoms. The largest absolute Gasteiger partial charge is 0.484 e. The van der Waals surface area contributed by atoms with Gasteiger partial charge in [0.1, 0.15) is 12.3 Å². The molecular formula is C26H32N2O4. The molecule has 1 aliphatic carbocycles. The predicted molar refractivity (Wildman–Crippen MR) is 124 cm³/mol. The lowest BCUT2D eigenvalue weighted by Gasteiger charge is -2.25. The molecule has 2 aromatic rings. The van der Waals surface area contributed by atoms with Crippen molar-refractivity contribution < 1.29 is 19.1 Å². The van der Waals surface area contributed by atoms with Crippen LogP contribution in [-0.4, -0.2) is 49.1 Å². The average molecular weight is 437 g/mol. The minimum Gasteiger partial charge on any atom is -0.484 e. The summed E-state index contributed by atoms with van der Waals surface area (Å²) in [5, 5.41) is 2.95. The van der Waals surface area contributed by atoms with Crippen molar-refractivity contribution in [3.05, 3.63) is 58.7 Å². The van der Waals surface area contributed by atoms with Gasteiger partial charge in [-0.05, 0) is 86.4 Å². The summed E-state index contributed by atoms with van der Waals surface area (Å²) in [5.74, 6) is 0.274. The van der Waals surface area contributed by atoms with Crippen LogP contribution in [-0.2, 0) is 27.2 Å². The van der Waals surface area contributed by atoms with Gasteiger partial charge in [0.15, 0.2) is 6.61 Å². The van der Waals surface area contributed by atoms with Gasteiger partial charge in [-0.2, -0.15) is 0 Å². The Morgan fingerprint density at radius 1 is 1.12 bits per heavy atom. The number of anilines is 1. The Morgan fingerprint density at radius 3 is 2.78 bits per heavy atom. The van der Waals surface area contributed by atoms with E-state index in [0.717, 1.165) is 42.5 Å². The molecular weight excluding hydrogens is 404 g/mol. The molecule has 0 unspecified atom stereocenters. The number of amides is 2. The number of ether oxygens (including phenoxy) is 2. The van der Waals surface area contributed by atoms with Gasteiger partial charge in [-0.3, -0.25) is 9.59 Å². The summed E-state index contributed by atoms with van der Waals surface area (Å²) in [5.41, 5.74) is 5.58. The lowest BCUT2D eigenvalue weighted by atomic mass is 10.1. The van der Waals surface area contributed by atoms with E-state index < -0.39 is 0 Å². The van der Waals surface area contributed by atoms with E-state index in [9.17, 15) is 9.59 Å². The topological polar surface area (TPSA) is 67.9 Å². The summed E-state index contributed by atoms with van der Waals surface area (Å²) >= 11 is 0. The number of fused-ring (bicyclic) bond motifs is 1. The smallest absolute Gasteiger partial charge is 0.261 e. The van der Waals surface area contributed by atoms with Crippen molar-refractivity contribution in [3.8, 4) is 5.75 Å². The Morgan fingerprint density at radius 2 is 1.97 bits per heavy atom. The van der Waals surface area contributed by atoms with Gasteiger partial charge in [0, 0.05) is 18.8 Å². The van der Waals surface area contributed by atoms with Gasteiger partial charge in [0.05, 0.1) is 6.10 Å². The van der Waals surface area contributed by atoms with Crippen LogP contribution >= 0.6 is 0 Å². The molecule has 2 aromatic carbocycles. The minimum atomic E-state index is -0.220. The fourth-order valence-corrected chi connectivity index (χ4v) is 4.41. The second kappa shape index (κ2) is 10.2. The first-order valence-corrected chi connectivity index (χ1v) is 11.5. The molecule has 1 N–H and O–H groups in total. The van der Waals surface area contributed by atoms with E-state index in [2.05, 4.69) is 11.4 Å². The second-order valence-corrected chi connectivity index (χ2v) is 8.78. The zero-order valence-corrected chi connectivity index (χ0v) is 19.0. The Kier molecular flexibility index (Phi) is 7.10. The third-order valence-corrected chi connectivity index (χ3v) is 6.45. The van der Waals surface area contributed by atoms with Crippen LogP contribution < -0.4 is 10.1 Å². The summed E-state index contributed by atoms with van der Waals surface area (Å²) in [6.45, 7) is 4.96. The molecule has 32 heavy (non-hydrogen) atoms. The lowest BCUT2D eigenvalue weighted by molar-refractivity contribution is -0.138. The lowest BCUT2D eigenvalue weighted by Crippen LogP contribution is -2.44. The molecule has 0 saturated carbocycles. The molecule has 6 heteroatoms. The van der Waals surface area contributed by atoms with Crippen molar-refractivity contribution in [2.24, 2.45) is 0 Å². The summed E-state index contributed by atoms with van der Waals surface area (Å²) in [7, 11) is 0. The number of rotatable bonds is 8. The predicted octanol–water partition coefficient (Wildman–Crippen LogP) is 3.82. The van der Waals surface area contributed by atoms with Gasteiger partial charge in [0.2, 0.25) is 5.91 Å². The van der Waals surface area contributed by atoms with Crippen molar-refractivity contribution in [1.29, 1.82) is 0 Å². The van der Waals surface area contributed by atoms with Gasteiger partial charge in [-0.15, -0.1) is 0 Å². The first-order chi connectivity index (χ1) is 15.5. The van der Waals surface area contributed by atoms with E-state index in [0.29, 0.717) is 18.9 Å². The summed E-state index contributed by atoms with van der Waals surface area (Å²) in [6.07, 6.45) is 5.18. The summed E-state index contributed by atoms with van der Waals surface area (Å²) in [4.78, 5) is 27.4.